The van der Waals surface area contributed by atoms with E-state index in [1.54, 1.807) is 0 Å². The van der Waals surface area contributed by atoms with Gasteiger partial charge in [0.1, 0.15) is 6.04 Å². The van der Waals surface area contributed by atoms with Crippen LogP contribution in [0.2, 0.25) is 0 Å². The summed E-state index contributed by atoms with van der Waals surface area (Å²) in [5.74, 6) is 0.0818. The van der Waals surface area contributed by atoms with E-state index < -0.39 is 16.1 Å². The lowest BCUT2D eigenvalue weighted by Gasteiger charge is -2.37. The molecular weight excluding hydrogens is 480 g/mol. The number of amides is 1. The molecule has 1 aliphatic heterocycles. The first kappa shape index (κ1) is 24.6. The van der Waals surface area contributed by atoms with Gasteiger partial charge in [0, 0.05) is 22.5 Å². The van der Waals surface area contributed by atoms with Crippen LogP contribution in [0, 0.1) is 22.7 Å². The Morgan fingerprint density at radius 3 is 2.22 bits per heavy atom. The summed E-state index contributed by atoms with van der Waals surface area (Å²) in [6, 6.07) is 18.8. The molecule has 0 N–H and O–H groups in total. The average Bonchev–Trinajstić information content (AvgIpc) is 3.39. The summed E-state index contributed by atoms with van der Waals surface area (Å²) >= 11 is 0. The second-order valence-electron chi connectivity index (χ2n) is 11.9. The van der Waals surface area contributed by atoms with E-state index in [1.165, 1.54) is 4.31 Å². The Hall–Kier alpha value is -2.73. The third-order valence-electron chi connectivity index (χ3n) is 9.94. The summed E-state index contributed by atoms with van der Waals surface area (Å²) in [6.45, 7) is 4.44. The predicted octanol–water partition coefficient (Wildman–Crippen LogP) is 5.62. The highest BCUT2D eigenvalue weighted by Crippen LogP contribution is 2.70. The minimum absolute atomic E-state index is 0.0808. The van der Waals surface area contributed by atoms with Crippen LogP contribution in [0.25, 0.3) is 0 Å². The lowest BCUT2D eigenvalue weighted by atomic mass is 9.69. The number of benzene rings is 2. The molecule has 37 heavy (non-hydrogen) atoms. The van der Waals surface area contributed by atoms with Crippen LogP contribution in [0.3, 0.4) is 0 Å². The Bertz CT molecular complexity index is 1310. The van der Waals surface area contributed by atoms with Crippen LogP contribution in [0.15, 0.2) is 77.8 Å². The second-order valence-corrected chi connectivity index (χ2v) is 13.8. The third-order valence-corrected chi connectivity index (χ3v) is 11.9. The number of nitrogens with zero attached hydrogens (tertiary/aromatic N) is 2. The lowest BCUT2D eigenvalue weighted by Crippen LogP contribution is -2.49. The zero-order chi connectivity index (χ0) is 25.8. The minimum Gasteiger partial charge on any atom is -0.271 e. The van der Waals surface area contributed by atoms with Gasteiger partial charge in [0.05, 0.1) is 17.5 Å². The van der Waals surface area contributed by atoms with E-state index in [4.69, 9.17) is 4.99 Å². The molecule has 2 aromatic rings. The third kappa shape index (κ3) is 3.82. The molecule has 2 saturated carbocycles. The summed E-state index contributed by atoms with van der Waals surface area (Å²) in [6.07, 6.45) is 9.71. The van der Waals surface area contributed by atoms with E-state index in [0.717, 1.165) is 55.4 Å². The summed E-state index contributed by atoms with van der Waals surface area (Å²) in [5, 5.41) is 0. The topological polar surface area (TPSA) is 66.8 Å². The number of carbonyl (C=O) groups is 1. The molecule has 1 heterocycles. The second kappa shape index (κ2) is 8.93. The van der Waals surface area contributed by atoms with E-state index in [1.807, 2.05) is 60.7 Å². The minimum atomic E-state index is -3.72. The molecule has 6 rings (SSSR count). The fourth-order valence-corrected chi connectivity index (χ4v) is 10.3. The number of rotatable bonds is 5. The highest BCUT2D eigenvalue weighted by atomic mass is 32.2. The van der Waals surface area contributed by atoms with Gasteiger partial charge >= 0.3 is 0 Å². The van der Waals surface area contributed by atoms with Gasteiger partial charge in [-0.3, -0.25) is 9.79 Å². The van der Waals surface area contributed by atoms with Crippen molar-refractivity contribution in [2.45, 2.75) is 64.5 Å². The van der Waals surface area contributed by atoms with Crippen molar-refractivity contribution in [2.24, 2.45) is 27.7 Å². The van der Waals surface area contributed by atoms with Crippen LogP contribution >= 0.6 is 0 Å². The van der Waals surface area contributed by atoms with Crippen LogP contribution < -0.4 is 0 Å². The van der Waals surface area contributed by atoms with Crippen molar-refractivity contribution in [3.8, 4) is 0 Å². The Kier molecular flexibility index (Phi) is 5.94. The van der Waals surface area contributed by atoms with Gasteiger partial charge in [-0.25, -0.2) is 12.7 Å². The van der Waals surface area contributed by atoms with Crippen LogP contribution in [0.1, 0.15) is 63.5 Å². The van der Waals surface area contributed by atoms with Crippen LogP contribution in [0.4, 0.5) is 0 Å². The number of sulfonamides is 1. The molecule has 5 atom stereocenters. The normalized spacial score (nSPS) is 31.6. The Labute approximate surface area is 220 Å². The molecule has 4 aliphatic rings. The Balaban J connectivity index is 1.47. The van der Waals surface area contributed by atoms with Crippen molar-refractivity contribution in [3.05, 3.63) is 83.9 Å². The molecule has 2 aromatic carbocycles. The fourth-order valence-electron chi connectivity index (χ4n) is 7.79. The Morgan fingerprint density at radius 1 is 1.00 bits per heavy atom. The maximum absolute atomic E-state index is 14.5. The van der Waals surface area contributed by atoms with Gasteiger partial charge in [0.15, 0.2) is 0 Å². The van der Waals surface area contributed by atoms with Crippen LogP contribution in [-0.4, -0.2) is 42.2 Å². The number of carbonyl (C=O) groups excluding carboxylic acids is 1. The molecule has 0 radical (unpaired) electrons. The summed E-state index contributed by atoms with van der Waals surface area (Å²) in [5.41, 5.74) is 2.16. The molecule has 194 valence electrons. The van der Waals surface area contributed by atoms with Crippen molar-refractivity contribution < 1.29 is 13.2 Å². The maximum Gasteiger partial charge on any atom is 0.261 e. The fraction of sp³-hybridized carbons (Fsp3) is 0.484. The van der Waals surface area contributed by atoms with E-state index in [9.17, 15) is 13.2 Å². The Morgan fingerprint density at radius 2 is 1.65 bits per heavy atom. The first-order valence-corrected chi connectivity index (χ1v) is 15.3. The molecule has 1 amide bonds. The van der Waals surface area contributed by atoms with Gasteiger partial charge < -0.3 is 0 Å². The van der Waals surface area contributed by atoms with Crippen molar-refractivity contribution in [1.82, 2.24) is 4.31 Å². The largest absolute Gasteiger partial charge is 0.271 e. The van der Waals surface area contributed by atoms with Crippen molar-refractivity contribution >= 4 is 21.6 Å². The first-order valence-electron chi connectivity index (χ1n) is 13.7. The smallest absolute Gasteiger partial charge is 0.261 e. The number of fused-ring (bicyclic) bond motifs is 1. The number of allylic oxidation sites excluding steroid dienone is 1. The summed E-state index contributed by atoms with van der Waals surface area (Å²) in [4.78, 5) is 19.7. The zero-order valence-electron chi connectivity index (χ0n) is 21.7. The number of hydrogen-bond acceptors (Lipinski definition) is 4. The molecule has 5 nitrogen and oxygen atoms in total. The quantitative estimate of drug-likeness (QED) is 0.383. The highest BCUT2D eigenvalue weighted by Gasteiger charge is 2.72. The molecule has 1 spiro atoms. The SMILES string of the molecule is CC1(C)[C@@H]2CC[C@]13CS(=O)(=O)N(C(=O)[C@H](N=C(c1ccccc1)c1ccccc1)C1C=CCCC1)[C@H]3C2. The highest BCUT2D eigenvalue weighted by molar-refractivity contribution is 7.90. The van der Waals surface area contributed by atoms with Gasteiger partial charge in [0.2, 0.25) is 10.0 Å². The molecular formula is C31H36N2O3S. The summed E-state index contributed by atoms with van der Waals surface area (Å²) in [7, 11) is -3.72. The van der Waals surface area contributed by atoms with E-state index in [2.05, 4.69) is 26.0 Å². The molecule has 0 aromatic heterocycles. The van der Waals surface area contributed by atoms with E-state index in [0.29, 0.717) is 5.92 Å². The molecule has 2 bridgehead atoms. The molecule has 3 aliphatic carbocycles. The standard InChI is InChI=1S/C31H36N2O3S/c1-30(2)25-18-19-31(30)21-37(35,36)33(26(31)20-25)29(34)28(24-16-10-5-11-17-24)32-27(22-12-6-3-7-13-22)23-14-8-4-9-15-23/h3-4,6-10,12-16,24-26,28H,5,11,17-21H2,1-2H3/t24?,25-,26+,28-,31-/m1/s1. The monoisotopic (exact) mass is 516 g/mol. The van der Waals surface area contributed by atoms with Gasteiger partial charge in [0.25, 0.3) is 5.91 Å². The van der Waals surface area contributed by atoms with Crippen molar-refractivity contribution in [3.63, 3.8) is 0 Å². The van der Waals surface area contributed by atoms with Gasteiger partial charge in [-0.15, -0.1) is 0 Å². The molecule has 6 heteroatoms. The molecule has 3 fully saturated rings. The van der Waals surface area contributed by atoms with E-state index in [-0.39, 0.29) is 34.4 Å². The molecule has 1 saturated heterocycles. The number of aliphatic imine (C=N–C) groups is 1. The summed E-state index contributed by atoms with van der Waals surface area (Å²) < 4.78 is 28.8. The van der Waals surface area contributed by atoms with E-state index >= 15 is 0 Å². The van der Waals surface area contributed by atoms with Crippen LogP contribution in [-0.2, 0) is 14.8 Å². The number of hydrogen-bond donors (Lipinski definition) is 0. The van der Waals surface area contributed by atoms with Gasteiger partial charge in [-0.1, -0.05) is 86.7 Å². The van der Waals surface area contributed by atoms with Crippen LogP contribution in [0.5, 0.6) is 0 Å². The zero-order valence-corrected chi connectivity index (χ0v) is 22.5. The average molecular weight is 517 g/mol. The van der Waals surface area contributed by atoms with Gasteiger partial charge in [-0.2, -0.15) is 0 Å². The predicted molar refractivity (Wildman–Crippen MR) is 147 cm³/mol. The lowest BCUT2D eigenvalue weighted by molar-refractivity contribution is -0.131. The maximum atomic E-state index is 14.5. The van der Waals surface area contributed by atoms with Gasteiger partial charge in [-0.05, 0) is 49.9 Å². The van der Waals surface area contributed by atoms with Crippen molar-refractivity contribution in [1.29, 1.82) is 0 Å². The first-order chi connectivity index (χ1) is 17.7. The van der Waals surface area contributed by atoms with Crippen molar-refractivity contribution in [2.75, 3.05) is 5.75 Å². The molecule has 1 unspecified atom stereocenters.